The number of benzene rings is 2. The van der Waals surface area contributed by atoms with Gasteiger partial charge >= 0.3 is 26.2 Å². The summed E-state index contributed by atoms with van der Waals surface area (Å²) in [6.07, 6.45) is 4.69. The minimum Gasteiger partial charge on any atom is -1.00 e. The normalized spacial score (nSPS) is 12.8. The summed E-state index contributed by atoms with van der Waals surface area (Å²) in [7, 11) is 0. The molecule has 0 radical (unpaired) electrons. The fraction of sp³-hybridized carbons (Fsp3) is 0.182. The van der Waals surface area contributed by atoms with Crippen LogP contribution in [0.3, 0.4) is 0 Å². The van der Waals surface area contributed by atoms with Crippen LogP contribution < -0.4 is 24.8 Å². The third kappa shape index (κ3) is 3.40. The summed E-state index contributed by atoms with van der Waals surface area (Å²) >= 11 is 0. The third-order valence-corrected chi connectivity index (χ3v) is 5.30. The quantitative estimate of drug-likeness (QED) is 0.316. The van der Waals surface area contributed by atoms with E-state index in [0.717, 1.165) is 0 Å². The topological polar surface area (TPSA) is 0 Å². The number of hydrogen-bond acceptors (Lipinski definition) is 0. The second kappa shape index (κ2) is 8.21. The Morgan fingerprint density at radius 1 is 0.600 bits per heavy atom. The fourth-order valence-electron chi connectivity index (χ4n) is 4.25. The van der Waals surface area contributed by atoms with Crippen LogP contribution in [-0.4, -0.2) is 0 Å². The Kier molecular flexibility index (Phi) is 6.71. The molecule has 0 fully saturated rings. The van der Waals surface area contributed by atoms with Gasteiger partial charge in [0.2, 0.25) is 0 Å². The minimum absolute atomic E-state index is 0. The molecule has 0 aromatic heterocycles. The first-order chi connectivity index (χ1) is 10.9. The van der Waals surface area contributed by atoms with E-state index < -0.39 is 0 Å². The maximum Gasteiger partial charge on any atom is 4.00 e. The Hall–Kier alpha value is -0.877. The Bertz CT molecular complexity index is 912. The molecule has 4 aromatic rings. The summed E-state index contributed by atoms with van der Waals surface area (Å²) in [5, 5.41) is 5.77. The molecule has 0 unspecified atom stereocenters. The molecule has 25 heavy (non-hydrogen) atoms. The Morgan fingerprint density at radius 2 is 1.00 bits per heavy atom. The summed E-state index contributed by atoms with van der Waals surface area (Å²) in [6, 6.07) is 22.6. The molecule has 0 saturated carbocycles. The van der Waals surface area contributed by atoms with Crippen LogP contribution in [0.25, 0.3) is 21.5 Å². The zero-order valence-electron chi connectivity index (χ0n) is 13.9. The smallest absolute Gasteiger partial charge is 1.00 e. The molecule has 124 valence electrons. The molecule has 0 atom stereocenters. The Labute approximate surface area is 180 Å². The van der Waals surface area contributed by atoms with Crippen molar-refractivity contribution in [1.82, 2.24) is 0 Å². The fourth-order valence-corrected chi connectivity index (χ4v) is 4.25. The summed E-state index contributed by atoms with van der Waals surface area (Å²) in [6.45, 7) is 0. The average molecular weight is 445 g/mol. The maximum atomic E-state index is 2.42. The van der Waals surface area contributed by atoms with E-state index in [1.54, 1.807) is 22.3 Å². The number of rotatable bonds is 0. The minimum atomic E-state index is 0. The first-order valence-electron chi connectivity index (χ1n) is 8.22. The van der Waals surface area contributed by atoms with E-state index in [9.17, 15) is 0 Å². The van der Waals surface area contributed by atoms with Crippen molar-refractivity contribution in [3.05, 3.63) is 82.9 Å². The van der Waals surface area contributed by atoms with Gasteiger partial charge < -0.3 is 24.8 Å². The Balaban J connectivity index is 0.000000751. The third-order valence-electron chi connectivity index (χ3n) is 5.30. The predicted molar refractivity (Wildman–Crippen MR) is 93.9 cm³/mol. The van der Waals surface area contributed by atoms with E-state index in [1.165, 1.54) is 47.2 Å². The monoisotopic (exact) mass is 442 g/mol. The number of halogens is 2. The maximum absolute atomic E-state index is 2.42. The molecule has 0 saturated heterocycles. The van der Waals surface area contributed by atoms with E-state index in [-0.39, 0.29) is 51.0 Å². The molecule has 0 heterocycles. The average Bonchev–Trinajstić information content (AvgIpc) is 3.06. The van der Waals surface area contributed by atoms with Gasteiger partial charge in [0.1, 0.15) is 0 Å². The number of hydrogen-bond donors (Lipinski definition) is 0. The second-order valence-electron chi connectivity index (χ2n) is 6.47. The van der Waals surface area contributed by atoms with Crippen molar-refractivity contribution in [2.45, 2.75) is 25.7 Å². The molecular formula is C22H18Cl2Zr. The van der Waals surface area contributed by atoms with Crippen molar-refractivity contribution < 1.29 is 51.0 Å². The van der Waals surface area contributed by atoms with Crippen molar-refractivity contribution in [2.75, 3.05) is 0 Å². The number of fused-ring (bicyclic) bond motifs is 6. The first kappa shape index (κ1) is 20.4. The molecule has 5 rings (SSSR count). The van der Waals surface area contributed by atoms with E-state index >= 15 is 0 Å². The van der Waals surface area contributed by atoms with Crippen molar-refractivity contribution >= 4 is 21.5 Å². The molecule has 0 aliphatic heterocycles. The molecule has 0 bridgehead atoms. The zero-order chi connectivity index (χ0) is 14.5. The molecule has 0 N–H and O–H groups in total. The van der Waals surface area contributed by atoms with Crippen LogP contribution in [0, 0.1) is 0 Å². The molecular weight excluding hydrogens is 426 g/mol. The zero-order valence-corrected chi connectivity index (χ0v) is 17.8. The molecule has 0 amide bonds. The standard InChI is InChI=1S/C22H18.2ClH.Zr/c1-3-7-19-15(5-1)13-17-9-12-22-18(10-11-21(17)19)14-16-6-2-4-8-20(16)22;;;/h1-8,13-14H,9-12H2;2*1H;/q-2;;;+4/p-2. The van der Waals surface area contributed by atoms with Gasteiger partial charge in [-0.25, -0.2) is 0 Å². The number of aryl methyl sites for hydroxylation is 4. The molecule has 1 aliphatic rings. The molecule has 1 aliphatic carbocycles. The van der Waals surface area contributed by atoms with Crippen molar-refractivity contribution in [3.63, 3.8) is 0 Å². The van der Waals surface area contributed by atoms with Gasteiger partial charge in [0.05, 0.1) is 0 Å². The van der Waals surface area contributed by atoms with Gasteiger partial charge in [-0.05, 0) is 12.8 Å². The van der Waals surface area contributed by atoms with Crippen LogP contribution in [0.15, 0.2) is 60.7 Å². The van der Waals surface area contributed by atoms with Gasteiger partial charge in [-0.2, -0.15) is 12.1 Å². The van der Waals surface area contributed by atoms with Crippen LogP contribution in [0.1, 0.15) is 22.3 Å². The summed E-state index contributed by atoms with van der Waals surface area (Å²) in [5.41, 5.74) is 6.31. The SMILES string of the molecule is [Cl-].[Cl-].[Zr+4].c1ccc2c(c1)cc1[c-]2CCc2cc3ccccc3[c-]2CC1. The van der Waals surface area contributed by atoms with Gasteiger partial charge in [-0.15, -0.1) is 80.2 Å². The van der Waals surface area contributed by atoms with E-state index in [4.69, 9.17) is 0 Å². The summed E-state index contributed by atoms with van der Waals surface area (Å²) in [5.74, 6) is 0. The van der Waals surface area contributed by atoms with Crippen molar-refractivity contribution in [1.29, 1.82) is 0 Å². The van der Waals surface area contributed by atoms with Gasteiger partial charge in [0, 0.05) is 0 Å². The van der Waals surface area contributed by atoms with E-state index in [2.05, 4.69) is 60.7 Å². The van der Waals surface area contributed by atoms with Crippen LogP contribution in [-0.2, 0) is 51.9 Å². The predicted octanol–water partition coefficient (Wildman–Crippen LogP) is -0.680. The van der Waals surface area contributed by atoms with Crippen molar-refractivity contribution in [3.8, 4) is 0 Å². The summed E-state index contributed by atoms with van der Waals surface area (Å²) < 4.78 is 0. The molecule has 3 heteroatoms. The largest absolute Gasteiger partial charge is 4.00 e. The second-order valence-corrected chi connectivity index (χ2v) is 6.47. The van der Waals surface area contributed by atoms with E-state index in [1.807, 2.05) is 0 Å². The van der Waals surface area contributed by atoms with E-state index in [0.29, 0.717) is 0 Å². The molecule has 0 nitrogen and oxygen atoms in total. The van der Waals surface area contributed by atoms with Crippen LogP contribution in [0.5, 0.6) is 0 Å². The summed E-state index contributed by atoms with van der Waals surface area (Å²) in [4.78, 5) is 0. The molecule has 4 aromatic carbocycles. The van der Waals surface area contributed by atoms with Gasteiger partial charge in [0.15, 0.2) is 0 Å². The van der Waals surface area contributed by atoms with Crippen LogP contribution in [0.2, 0.25) is 0 Å². The van der Waals surface area contributed by atoms with Gasteiger partial charge in [0.25, 0.3) is 0 Å². The van der Waals surface area contributed by atoms with Crippen LogP contribution in [0.4, 0.5) is 0 Å². The Morgan fingerprint density at radius 3 is 1.44 bits per heavy atom. The van der Waals surface area contributed by atoms with Crippen LogP contribution >= 0.6 is 0 Å². The molecule has 0 spiro atoms. The van der Waals surface area contributed by atoms with Crippen molar-refractivity contribution in [2.24, 2.45) is 0 Å². The van der Waals surface area contributed by atoms with Gasteiger partial charge in [-0.1, -0.05) is 25.0 Å². The first-order valence-corrected chi connectivity index (χ1v) is 8.22. The van der Waals surface area contributed by atoms with Gasteiger partial charge in [-0.3, -0.25) is 0 Å².